The first-order valence-electron chi connectivity index (χ1n) is 17.8. The van der Waals surface area contributed by atoms with Crippen molar-refractivity contribution in [3.05, 3.63) is 114 Å². The Morgan fingerprint density at radius 3 is 1.59 bits per heavy atom. The number of aromatic nitrogens is 9. The number of anilines is 5. The molecular formula is C41H46N12O3. The van der Waals surface area contributed by atoms with Crippen LogP contribution in [0.5, 0.6) is 0 Å². The van der Waals surface area contributed by atoms with Gasteiger partial charge in [0.25, 0.3) is 0 Å². The number of hydrogen-bond donors (Lipinski definition) is 2. The summed E-state index contributed by atoms with van der Waals surface area (Å²) in [7, 11) is 13.1. The summed E-state index contributed by atoms with van der Waals surface area (Å²) in [5, 5.41) is 12.2. The highest BCUT2D eigenvalue weighted by atomic mass is 16.5. The zero-order valence-corrected chi connectivity index (χ0v) is 33.1. The molecule has 0 fully saturated rings. The summed E-state index contributed by atoms with van der Waals surface area (Å²) < 4.78 is 10.7. The third-order valence-corrected chi connectivity index (χ3v) is 9.53. The van der Waals surface area contributed by atoms with E-state index in [1.54, 1.807) is 43.6 Å². The van der Waals surface area contributed by atoms with Gasteiger partial charge in [0.2, 0.25) is 0 Å². The normalized spacial score (nSPS) is 10.8. The molecule has 15 nitrogen and oxygen atoms in total. The molecule has 0 radical (unpaired) electrons. The summed E-state index contributed by atoms with van der Waals surface area (Å²) in [6.07, 6.45) is 10.7. The Labute approximate surface area is 324 Å². The van der Waals surface area contributed by atoms with E-state index in [9.17, 15) is 9.90 Å². The van der Waals surface area contributed by atoms with Crippen LogP contribution < -0.4 is 15.1 Å². The number of nitrogens with zero attached hydrogens (tertiary/aromatic N) is 11. The molecule has 56 heavy (non-hydrogen) atoms. The van der Waals surface area contributed by atoms with Gasteiger partial charge in [-0.15, -0.1) is 0 Å². The van der Waals surface area contributed by atoms with Gasteiger partial charge in [0.05, 0.1) is 73.4 Å². The lowest BCUT2D eigenvalue weighted by molar-refractivity contribution is 0.0600. The third-order valence-electron chi connectivity index (χ3n) is 9.53. The van der Waals surface area contributed by atoms with E-state index in [0.29, 0.717) is 5.56 Å². The molecule has 0 unspecified atom stereocenters. The second-order valence-electron chi connectivity index (χ2n) is 13.3. The Morgan fingerprint density at radius 1 is 0.679 bits per heavy atom. The number of benzene rings is 2. The highest BCUT2D eigenvalue weighted by molar-refractivity contribution is 5.90. The molecule has 0 aliphatic rings. The van der Waals surface area contributed by atoms with E-state index in [1.807, 2.05) is 128 Å². The van der Waals surface area contributed by atoms with E-state index < -0.39 is 0 Å². The van der Waals surface area contributed by atoms with Crippen LogP contribution in [0, 0.1) is 13.8 Å². The smallest absolute Gasteiger partial charge is 0.337 e. The molecule has 0 spiro atoms. The van der Waals surface area contributed by atoms with Crippen LogP contribution in [0.2, 0.25) is 0 Å². The zero-order valence-electron chi connectivity index (χ0n) is 33.1. The van der Waals surface area contributed by atoms with Crippen LogP contribution in [0.15, 0.2) is 92.2 Å². The molecule has 0 atom stereocenters. The minimum absolute atomic E-state index is 0.0596. The van der Waals surface area contributed by atoms with Gasteiger partial charge in [0.15, 0.2) is 0 Å². The van der Waals surface area contributed by atoms with Crippen LogP contribution in [0.3, 0.4) is 0 Å². The van der Waals surface area contributed by atoms with Gasteiger partial charge >= 0.3 is 5.97 Å². The lowest BCUT2D eigenvalue weighted by Gasteiger charge is -2.21. The summed E-state index contributed by atoms with van der Waals surface area (Å²) in [4.78, 5) is 41.5. The molecule has 288 valence electrons. The molecule has 6 aromatic heterocycles. The number of rotatable bonds is 7. The van der Waals surface area contributed by atoms with E-state index >= 15 is 0 Å². The first kappa shape index (κ1) is 38.8. The lowest BCUT2D eigenvalue weighted by Crippen LogP contribution is -2.13. The number of imidazole rings is 3. The Balaban J connectivity index is 0.000000149. The molecule has 8 rings (SSSR count). The van der Waals surface area contributed by atoms with Gasteiger partial charge in [0.1, 0.15) is 34.0 Å². The SMILES string of the molecule is CNc1cc2c(cn1)ncn2C.COC(=O)c1ccc(N(C)c2cc3c(cn2)ncn3C)c(C)c1.Cc1cc(CO)ccc1N(C)c1cc2c(cn1)ncn2C. The Kier molecular flexibility index (Phi) is 11.5. The molecule has 15 heteroatoms. The average molecular weight is 755 g/mol. The number of fused-ring (bicyclic) bond motifs is 3. The van der Waals surface area contributed by atoms with Gasteiger partial charge in [0, 0.05) is 71.9 Å². The number of methoxy groups -OCH3 is 1. The summed E-state index contributed by atoms with van der Waals surface area (Å²) in [5.41, 5.74) is 11.4. The van der Waals surface area contributed by atoms with E-state index in [2.05, 4.69) is 35.2 Å². The lowest BCUT2D eigenvalue weighted by atomic mass is 10.1. The van der Waals surface area contributed by atoms with E-state index in [1.165, 1.54) is 7.11 Å². The van der Waals surface area contributed by atoms with Crippen LogP contribution in [0.1, 0.15) is 27.0 Å². The maximum Gasteiger partial charge on any atom is 0.337 e. The maximum absolute atomic E-state index is 11.6. The van der Waals surface area contributed by atoms with E-state index in [-0.39, 0.29) is 12.6 Å². The fourth-order valence-corrected chi connectivity index (χ4v) is 6.29. The Hall–Kier alpha value is -6.87. The maximum atomic E-state index is 11.6. The fraction of sp³-hybridized carbons (Fsp3) is 0.244. The highest BCUT2D eigenvalue weighted by Crippen LogP contribution is 2.29. The van der Waals surface area contributed by atoms with Gasteiger partial charge in [-0.1, -0.05) is 12.1 Å². The van der Waals surface area contributed by atoms with Gasteiger partial charge in [-0.2, -0.15) is 0 Å². The second kappa shape index (κ2) is 16.7. The molecule has 0 saturated heterocycles. The van der Waals surface area contributed by atoms with Crippen LogP contribution >= 0.6 is 0 Å². The van der Waals surface area contributed by atoms with Gasteiger partial charge in [-0.3, -0.25) is 0 Å². The van der Waals surface area contributed by atoms with Gasteiger partial charge in [-0.25, -0.2) is 34.7 Å². The average Bonchev–Trinajstić information content (AvgIpc) is 3.92. The van der Waals surface area contributed by atoms with Crippen molar-refractivity contribution in [1.29, 1.82) is 0 Å². The monoisotopic (exact) mass is 754 g/mol. The second-order valence-corrected chi connectivity index (χ2v) is 13.3. The fourth-order valence-electron chi connectivity index (χ4n) is 6.29. The number of carbonyl (C=O) groups excluding carboxylic acids is 1. The molecule has 0 aliphatic heterocycles. The summed E-state index contributed by atoms with van der Waals surface area (Å²) in [5.74, 6) is 2.21. The number of nitrogens with one attached hydrogen (secondary N) is 1. The number of ether oxygens (including phenoxy) is 1. The number of aryl methyl sites for hydroxylation is 5. The number of hydrogen-bond acceptors (Lipinski definition) is 12. The molecule has 2 aromatic carbocycles. The molecule has 6 heterocycles. The number of esters is 1. The van der Waals surface area contributed by atoms with Crippen molar-refractivity contribution in [2.45, 2.75) is 20.5 Å². The highest BCUT2D eigenvalue weighted by Gasteiger charge is 2.14. The molecule has 2 N–H and O–H groups in total. The van der Waals surface area contributed by atoms with Crippen molar-refractivity contribution in [3.63, 3.8) is 0 Å². The number of aliphatic hydroxyl groups excluding tert-OH is 1. The van der Waals surface area contributed by atoms with Gasteiger partial charge < -0.3 is 38.7 Å². The zero-order chi connectivity index (χ0) is 40.1. The van der Waals surface area contributed by atoms with Gasteiger partial charge in [-0.05, 0) is 54.8 Å². The van der Waals surface area contributed by atoms with Crippen LogP contribution in [0.25, 0.3) is 33.1 Å². The number of aliphatic hydroxyl groups is 1. The Morgan fingerprint density at radius 2 is 1.14 bits per heavy atom. The first-order chi connectivity index (χ1) is 26.9. The molecule has 8 aromatic rings. The summed E-state index contributed by atoms with van der Waals surface area (Å²) >= 11 is 0. The molecule has 0 saturated carbocycles. The Bertz CT molecular complexity index is 2640. The van der Waals surface area contributed by atoms with E-state index in [4.69, 9.17) is 4.74 Å². The molecule has 0 bridgehead atoms. The topological polar surface area (TPSA) is 157 Å². The van der Waals surface area contributed by atoms with Crippen LogP contribution in [-0.4, -0.2) is 82.9 Å². The van der Waals surface area contributed by atoms with Crippen molar-refractivity contribution < 1.29 is 14.6 Å². The molecular weight excluding hydrogens is 709 g/mol. The van der Waals surface area contributed by atoms with Crippen molar-refractivity contribution in [3.8, 4) is 0 Å². The minimum Gasteiger partial charge on any atom is -0.465 e. The predicted molar refractivity (Wildman–Crippen MR) is 221 cm³/mol. The van der Waals surface area contributed by atoms with Crippen molar-refractivity contribution in [2.75, 3.05) is 43.4 Å². The molecule has 0 aliphatic carbocycles. The first-order valence-corrected chi connectivity index (χ1v) is 17.8. The summed E-state index contributed by atoms with van der Waals surface area (Å²) in [6, 6.07) is 17.4. The third kappa shape index (κ3) is 8.12. The van der Waals surface area contributed by atoms with Crippen molar-refractivity contribution in [1.82, 2.24) is 43.6 Å². The van der Waals surface area contributed by atoms with Crippen LogP contribution in [0.4, 0.5) is 28.8 Å². The van der Waals surface area contributed by atoms with E-state index in [0.717, 1.165) is 78.6 Å². The van der Waals surface area contributed by atoms with Crippen molar-refractivity contribution in [2.24, 2.45) is 21.1 Å². The predicted octanol–water partition coefficient (Wildman–Crippen LogP) is 6.38. The number of carbonyl (C=O) groups is 1. The quantitative estimate of drug-likeness (QED) is 0.173. The summed E-state index contributed by atoms with van der Waals surface area (Å²) in [6.45, 7) is 4.05. The number of pyridine rings is 3. The standard InChI is InChI=1S/C17H18N4O2.C16H18N4O.C8H10N4/c1-11-7-12(17(22)23-4)5-6-14(11)21(3)16-8-15-13(9-18-16)19-10-20(15)2;1-11-6-12(9-21)4-5-14(11)20(3)16-7-15-13(8-17-16)18-10-19(15)2;1-9-8-3-7-6(4-10-8)11-5-12(7)2/h5-10H,1-4H3;4-8,10,21H,9H2,1-3H3;3-5H,1-2H3,(H,9,10). The minimum atomic E-state index is -0.336. The van der Waals surface area contributed by atoms with Crippen LogP contribution in [-0.2, 0) is 32.5 Å². The van der Waals surface area contributed by atoms with Crippen molar-refractivity contribution >= 4 is 67.9 Å². The molecule has 0 amide bonds. The largest absolute Gasteiger partial charge is 0.465 e.